The van der Waals surface area contributed by atoms with Crippen molar-refractivity contribution in [3.8, 4) is 22.9 Å². The number of rotatable bonds is 6. The highest BCUT2D eigenvalue weighted by atomic mass is 19.1. The number of aromatic nitrogens is 1. The number of halogens is 1. The molecule has 0 saturated carbocycles. The van der Waals surface area contributed by atoms with Crippen molar-refractivity contribution in [1.29, 1.82) is 5.26 Å². The van der Waals surface area contributed by atoms with E-state index in [-0.39, 0.29) is 11.7 Å². The number of nitrogens with zero attached hydrogens (tertiary/aromatic N) is 2. The van der Waals surface area contributed by atoms with Crippen LogP contribution in [0.5, 0.6) is 5.75 Å². The molecule has 0 radical (unpaired) electrons. The minimum Gasteiger partial charge on any atom is -0.494 e. The van der Waals surface area contributed by atoms with Crippen LogP contribution in [0.25, 0.3) is 21.9 Å². The molecule has 3 aromatic rings. The molecule has 0 saturated heterocycles. The van der Waals surface area contributed by atoms with E-state index in [1.807, 2.05) is 32.0 Å². The molecule has 0 aliphatic rings. The van der Waals surface area contributed by atoms with Crippen molar-refractivity contribution in [2.45, 2.75) is 39.5 Å². The molecular weight excluding hydrogens is 339 g/mol. The zero-order valence-electron chi connectivity index (χ0n) is 15.9. The van der Waals surface area contributed by atoms with Crippen LogP contribution in [0.2, 0.25) is 0 Å². The summed E-state index contributed by atoms with van der Waals surface area (Å²) >= 11 is 0. The Bertz CT molecular complexity index is 988. The van der Waals surface area contributed by atoms with Crippen LogP contribution in [0.1, 0.15) is 50.9 Å². The molecule has 27 heavy (non-hydrogen) atoms. The lowest BCUT2D eigenvalue weighted by atomic mass is 9.91. The van der Waals surface area contributed by atoms with Gasteiger partial charge in [-0.05, 0) is 53.6 Å². The van der Waals surface area contributed by atoms with E-state index in [1.54, 1.807) is 12.1 Å². The van der Waals surface area contributed by atoms with Crippen molar-refractivity contribution in [1.82, 2.24) is 4.98 Å². The summed E-state index contributed by atoms with van der Waals surface area (Å²) in [4.78, 5) is 4.64. The van der Waals surface area contributed by atoms with Crippen LogP contribution in [0.4, 0.5) is 4.39 Å². The number of nitriles is 1. The molecule has 138 valence electrons. The van der Waals surface area contributed by atoms with Gasteiger partial charge in [-0.3, -0.25) is 0 Å². The van der Waals surface area contributed by atoms with Gasteiger partial charge in [0.15, 0.2) is 0 Å². The van der Waals surface area contributed by atoms with E-state index in [0.717, 1.165) is 46.2 Å². The predicted octanol–water partition coefficient (Wildman–Crippen LogP) is 6.21. The first kappa shape index (κ1) is 18.8. The summed E-state index contributed by atoms with van der Waals surface area (Å²) in [6.07, 6.45) is 2.04. The van der Waals surface area contributed by atoms with Gasteiger partial charge in [0.05, 0.1) is 12.3 Å². The van der Waals surface area contributed by atoms with Crippen LogP contribution in [0.15, 0.2) is 42.5 Å². The number of unbranched alkanes of at least 4 members (excludes halogenated alkanes) is 1. The number of hydrogen-bond donors (Lipinski definition) is 0. The van der Waals surface area contributed by atoms with Gasteiger partial charge < -0.3 is 4.74 Å². The van der Waals surface area contributed by atoms with Crippen molar-refractivity contribution in [2.75, 3.05) is 6.61 Å². The highest BCUT2D eigenvalue weighted by Crippen LogP contribution is 2.37. The standard InChI is InChI=1S/C23H23FN2O/c1-4-5-12-27-18-10-11-19-20(13-18)21(14-25)26-23(15(2)3)22(19)16-6-8-17(24)9-7-16/h6-11,13,15H,4-5,12H2,1-3H3. The summed E-state index contributed by atoms with van der Waals surface area (Å²) in [5, 5.41) is 11.3. The van der Waals surface area contributed by atoms with E-state index < -0.39 is 0 Å². The minimum absolute atomic E-state index is 0.127. The van der Waals surface area contributed by atoms with Gasteiger partial charge >= 0.3 is 0 Å². The predicted molar refractivity (Wildman–Crippen MR) is 106 cm³/mol. The maximum absolute atomic E-state index is 13.4. The van der Waals surface area contributed by atoms with Crippen molar-refractivity contribution >= 4 is 10.8 Å². The topological polar surface area (TPSA) is 45.9 Å². The van der Waals surface area contributed by atoms with Crippen molar-refractivity contribution in [3.63, 3.8) is 0 Å². The smallest absolute Gasteiger partial charge is 0.148 e. The first-order valence-corrected chi connectivity index (χ1v) is 9.31. The first-order chi connectivity index (χ1) is 13.0. The second-order valence-corrected chi connectivity index (χ2v) is 6.90. The number of pyridine rings is 1. The largest absolute Gasteiger partial charge is 0.494 e. The highest BCUT2D eigenvalue weighted by molar-refractivity contribution is 6.00. The first-order valence-electron chi connectivity index (χ1n) is 9.31. The van der Waals surface area contributed by atoms with E-state index in [9.17, 15) is 9.65 Å². The zero-order chi connectivity index (χ0) is 19.4. The van der Waals surface area contributed by atoms with Crippen LogP contribution >= 0.6 is 0 Å². The van der Waals surface area contributed by atoms with Gasteiger partial charge in [-0.25, -0.2) is 9.37 Å². The van der Waals surface area contributed by atoms with Crippen LogP contribution in [0, 0.1) is 17.1 Å². The Hall–Kier alpha value is -2.93. The van der Waals surface area contributed by atoms with E-state index in [0.29, 0.717) is 12.3 Å². The molecule has 1 heterocycles. The van der Waals surface area contributed by atoms with Crippen molar-refractivity contribution in [2.24, 2.45) is 0 Å². The Morgan fingerprint density at radius 3 is 2.48 bits per heavy atom. The Morgan fingerprint density at radius 2 is 1.85 bits per heavy atom. The Labute approximate surface area is 159 Å². The van der Waals surface area contributed by atoms with Gasteiger partial charge in [-0.2, -0.15) is 5.26 Å². The highest BCUT2D eigenvalue weighted by Gasteiger charge is 2.18. The zero-order valence-corrected chi connectivity index (χ0v) is 15.9. The summed E-state index contributed by atoms with van der Waals surface area (Å²) in [6.45, 7) is 6.85. The average molecular weight is 362 g/mol. The second kappa shape index (κ2) is 8.18. The van der Waals surface area contributed by atoms with Gasteiger partial charge in [0.1, 0.15) is 23.3 Å². The lowest BCUT2D eigenvalue weighted by Crippen LogP contribution is -2.02. The third-order valence-corrected chi connectivity index (χ3v) is 4.56. The molecule has 3 nitrogen and oxygen atoms in total. The monoisotopic (exact) mass is 362 g/mol. The van der Waals surface area contributed by atoms with Gasteiger partial charge in [0.2, 0.25) is 0 Å². The van der Waals surface area contributed by atoms with E-state index in [2.05, 4.69) is 18.0 Å². The Morgan fingerprint density at radius 1 is 1.11 bits per heavy atom. The lowest BCUT2D eigenvalue weighted by molar-refractivity contribution is 0.310. The Balaban J connectivity index is 2.23. The van der Waals surface area contributed by atoms with Gasteiger partial charge in [-0.1, -0.05) is 39.3 Å². The van der Waals surface area contributed by atoms with Gasteiger partial charge in [0, 0.05) is 10.9 Å². The second-order valence-electron chi connectivity index (χ2n) is 6.90. The summed E-state index contributed by atoms with van der Waals surface area (Å²) in [5.74, 6) is 0.584. The molecule has 0 bridgehead atoms. The summed E-state index contributed by atoms with van der Waals surface area (Å²) in [7, 11) is 0. The fourth-order valence-corrected chi connectivity index (χ4v) is 3.16. The van der Waals surface area contributed by atoms with Crippen LogP contribution in [-0.4, -0.2) is 11.6 Å². The fourth-order valence-electron chi connectivity index (χ4n) is 3.16. The maximum atomic E-state index is 13.4. The summed E-state index contributed by atoms with van der Waals surface area (Å²) in [5.41, 5.74) is 3.06. The maximum Gasteiger partial charge on any atom is 0.148 e. The molecule has 0 fully saturated rings. The third kappa shape index (κ3) is 3.93. The number of benzene rings is 2. The summed E-state index contributed by atoms with van der Waals surface area (Å²) < 4.78 is 19.2. The van der Waals surface area contributed by atoms with E-state index in [4.69, 9.17) is 4.74 Å². The molecule has 1 aromatic heterocycles. The molecule has 0 amide bonds. The van der Waals surface area contributed by atoms with E-state index in [1.165, 1.54) is 12.1 Å². The van der Waals surface area contributed by atoms with E-state index >= 15 is 0 Å². The van der Waals surface area contributed by atoms with Crippen LogP contribution < -0.4 is 4.74 Å². The van der Waals surface area contributed by atoms with Crippen molar-refractivity contribution < 1.29 is 9.13 Å². The number of ether oxygens (including phenoxy) is 1. The fraction of sp³-hybridized carbons (Fsp3) is 0.304. The molecule has 0 spiro atoms. The number of hydrogen-bond acceptors (Lipinski definition) is 3. The molecule has 0 unspecified atom stereocenters. The van der Waals surface area contributed by atoms with Crippen LogP contribution in [0.3, 0.4) is 0 Å². The lowest BCUT2D eigenvalue weighted by Gasteiger charge is -2.17. The third-order valence-electron chi connectivity index (χ3n) is 4.56. The van der Waals surface area contributed by atoms with Crippen LogP contribution in [-0.2, 0) is 0 Å². The van der Waals surface area contributed by atoms with Crippen molar-refractivity contribution in [3.05, 3.63) is 59.7 Å². The molecular formula is C23H23FN2O. The molecule has 4 heteroatoms. The SMILES string of the molecule is CCCCOc1ccc2c(-c3ccc(F)cc3)c(C(C)C)nc(C#N)c2c1. The molecule has 0 aliphatic heterocycles. The Kier molecular flexibility index (Phi) is 5.71. The molecule has 0 atom stereocenters. The average Bonchev–Trinajstić information content (AvgIpc) is 2.67. The quantitative estimate of drug-likeness (QED) is 0.489. The minimum atomic E-state index is -0.276. The number of fused-ring (bicyclic) bond motifs is 1. The van der Waals surface area contributed by atoms with Gasteiger partial charge in [0.25, 0.3) is 0 Å². The normalized spacial score (nSPS) is 11.0. The molecule has 0 N–H and O–H groups in total. The van der Waals surface area contributed by atoms with Gasteiger partial charge in [-0.15, -0.1) is 0 Å². The summed E-state index contributed by atoms with van der Waals surface area (Å²) in [6, 6.07) is 14.4. The molecule has 3 rings (SSSR count). The molecule has 0 aliphatic carbocycles. The molecule has 2 aromatic carbocycles.